The van der Waals surface area contributed by atoms with Gasteiger partial charge in [0.15, 0.2) is 0 Å². The minimum absolute atomic E-state index is 0.240. The summed E-state index contributed by atoms with van der Waals surface area (Å²) in [4.78, 5) is 2.18. The average Bonchev–Trinajstić information content (AvgIpc) is 1.78. The zero-order chi connectivity index (χ0) is 7.61. The van der Waals surface area contributed by atoms with Crippen LogP contribution in [0.25, 0.3) is 0 Å². The number of terminal acetylenes is 1. The number of nitrogens with zero attached hydrogens (tertiary/aromatic N) is 1. The van der Waals surface area contributed by atoms with Crippen molar-refractivity contribution in [2.45, 2.75) is 19.3 Å². The molecule has 0 aromatic heterocycles. The van der Waals surface area contributed by atoms with Crippen molar-refractivity contribution in [3.63, 3.8) is 0 Å². The second kappa shape index (κ2) is 2.64. The molecule has 0 atom stereocenters. The van der Waals surface area contributed by atoms with E-state index in [2.05, 4.69) is 24.9 Å². The van der Waals surface area contributed by atoms with E-state index in [1.165, 1.54) is 19.3 Å². The molecule has 0 heterocycles. The molecule has 0 saturated heterocycles. The van der Waals surface area contributed by atoms with Gasteiger partial charge in [-0.3, -0.25) is 0 Å². The van der Waals surface area contributed by atoms with E-state index in [1.54, 1.807) is 0 Å². The molecule has 0 aromatic rings. The maximum atomic E-state index is 5.44. The van der Waals surface area contributed by atoms with Gasteiger partial charge < -0.3 is 4.90 Å². The fourth-order valence-corrected chi connectivity index (χ4v) is 1.56. The van der Waals surface area contributed by atoms with E-state index in [4.69, 9.17) is 6.42 Å². The first-order valence-corrected chi connectivity index (χ1v) is 3.81. The molecule has 0 N–H and O–H groups in total. The van der Waals surface area contributed by atoms with Crippen LogP contribution in [0.1, 0.15) is 19.3 Å². The van der Waals surface area contributed by atoms with Gasteiger partial charge in [0.2, 0.25) is 0 Å². The molecule has 10 heavy (non-hydrogen) atoms. The molecule has 0 spiro atoms. The summed E-state index contributed by atoms with van der Waals surface area (Å²) in [5.74, 6) is 2.90. The van der Waals surface area contributed by atoms with Crippen LogP contribution >= 0.6 is 0 Å². The van der Waals surface area contributed by atoms with Gasteiger partial charge in [0.05, 0.1) is 0 Å². The fraction of sp³-hybridized carbons (Fsp3) is 0.778. The van der Waals surface area contributed by atoms with Crippen LogP contribution in [0.3, 0.4) is 0 Å². The van der Waals surface area contributed by atoms with Crippen molar-refractivity contribution in [2.75, 3.05) is 20.6 Å². The minimum Gasteiger partial charge on any atom is -0.308 e. The van der Waals surface area contributed by atoms with Crippen LogP contribution in [0, 0.1) is 17.8 Å². The Hall–Kier alpha value is -0.480. The molecule has 1 fully saturated rings. The molecule has 0 unspecified atom stereocenters. The summed E-state index contributed by atoms with van der Waals surface area (Å²) in [6, 6.07) is 0. The third-order valence-corrected chi connectivity index (χ3v) is 2.24. The molecule has 56 valence electrons. The fourth-order valence-electron chi connectivity index (χ4n) is 1.56. The maximum absolute atomic E-state index is 5.44. The predicted molar refractivity (Wildman–Crippen MR) is 43.7 cm³/mol. The monoisotopic (exact) mass is 137 g/mol. The van der Waals surface area contributed by atoms with E-state index in [1.807, 2.05) is 0 Å². The smallest absolute Gasteiger partial charge is 0.0438 e. The molecule has 1 aliphatic rings. The highest BCUT2D eigenvalue weighted by atomic mass is 15.1. The van der Waals surface area contributed by atoms with E-state index < -0.39 is 0 Å². The van der Waals surface area contributed by atoms with Gasteiger partial charge in [-0.25, -0.2) is 0 Å². The van der Waals surface area contributed by atoms with Crippen LogP contribution in [-0.4, -0.2) is 25.5 Å². The summed E-state index contributed by atoms with van der Waals surface area (Å²) in [5.41, 5.74) is 0.240. The van der Waals surface area contributed by atoms with Gasteiger partial charge in [0, 0.05) is 12.0 Å². The van der Waals surface area contributed by atoms with Gasteiger partial charge in [-0.1, -0.05) is 12.3 Å². The molecule has 0 aromatic carbocycles. The van der Waals surface area contributed by atoms with Gasteiger partial charge in [-0.05, 0) is 26.9 Å². The minimum atomic E-state index is 0.240. The Morgan fingerprint density at radius 3 is 2.20 bits per heavy atom. The van der Waals surface area contributed by atoms with Crippen molar-refractivity contribution in [1.29, 1.82) is 0 Å². The van der Waals surface area contributed by atoms with Crippen LogP contribution in [0.15, 0.2) is 0 Å². The number of rotatable bonds is 2. The molecular formula is C9H15N. The molecule has 0 aliphatic heterocycles. The van der Waals surface area contributed by atoms with Gasteiger partial charge >= 0.3 is 0 Å². The van der Waals surface area contributed by atoms with Crippen molar-refractivity contribution in [1.82, 2.24) is 4.90 Å². The Labute approximate surface area is 63.4 Å². The molecule has 0 bridgehead atoms. The zero-order valence-corrected chi connectivity index (χ0v) is 6.85. The highest BCUT2D eigenvalue weighted by Gasteiger charge is 2.35. The second-order valence-corrected chi connectivity index (χ2v) is 3.52. The van der Waals surface area contributed by atoms with Gasteiger partial charge in [0.1, 0.15) is 0 Å². The molecule has 0 amide bonds. The normalized spacial score (nSPS) is 21.8. The predicted octanol–water partition coefficient (Wildman–Crippen LogP) is 1.35. The highest BCUT2D eigenvalue weighted by molar-refractivity contribution is 5.11. The van der Waals surface area contributed by atoms with E-state index in [9.17, 15) is 0 Å². The maximum Gasteiger partial charge on any atom is 0.0438 e. The Kier molecular flexibility index (Phi) is 2.01. The van der Waals surface area contributed by atoms with Crippen LogP contribution in [0.5, 0.6) is 0 Å². The first-order valence-electron chi connectivity index (χ1n) is 3.81. The Balaban J connectivity index is 2.43. The van der Waals surface area contributed by atoms with Crippen LogP contribution in [0.2, 0.25) is 0 Å². The first kappa shape index (κ1) is 7.63. The summed E-state index contributed by atoms with van der Waals surface area (Å²) in [6.45, 7) is 1.06. The van der Waals surface area contributed by atoms with E-state index in [0.29, 0.717) is 0 Å². The number of hydrogen-bond acceptors (Lipinski definition) is 1. The van der Waals surface area contributed by atoms with Crippen molar-refractivity contribution < 1.29 is 0 Å². The number of hydrogen-bond donors (Lipinski definition) is 0. The molecule has 1 rings (SSSR count). The average molecular weight is 137 g/mol. The van der Waals surface area contributed by atoms with Crippen LogP contribution in [-0.2, 0) is 0 Å². The largest absolute Gasteiger partial charge is 0.308 e. The molecule has 0 radical (unpaired) electrons. The summed E-state index contributed by atoms with van der Waals surface area (Å²) in [5, 5.41) is 0. The second-order valence-electron chi connectivity index (χ2n) is 3.52. The highest BCUT2D eigenvalue weighted by Crippen LogP contribution is 2.40. The summed E-state index contributed by atoms with van der Waals surface area (Å²) >= 11 is 0. The van der Waals surface area contributed by atoms with Crippen molar-refractivity contribution in [3.8, 4) is 12.3 Å². The van der Waals surface area contributed by atoms with E-state index in [0.717, 1.165) is 6.54 Å². The van der Waals surface area contributed by atoms with Crippen molar-refractivity contribution >= 4 is 0 Å². The van der Waals surface area contributed by atoms with E-state index >= 15 is 0 Å². The first-order chi connectivity index (χ1) is 4.68. The lowest BCUT2D eigenvalue weighted by molar-refractivity contribution is 0.157. The molecule has 1 heteroatoms. The van der Waals surface area contributed by atoms with Gasteiger partial charge in [-0.2, -0.15) is 0 Å². The lowest BCUT2D eigenvalue weighted by atomic mass is 9.69. The summed E-state index contributed by atoms with van der Waals surface area (Å²) in [6.07, 6.45) is 9.21. The Morgan fingerprint density at radius 2 is 2.10 bits per heavy atom. The lowest BCUT2D eigenvalue weighted by Gasteiger charge is -2.39. The molecule has 1 nitrogen and oxygen atoms in total. The zero-order valence-electron chi connectivity index (χ0n) is 6.85. The lowest BCUT2D eigenvalue weighted by Crippen LogP contribution is -2.38. The van der Waals surface area contributed by atoms with Gasteiger partial charge in [-0.15, -0.1) is 6.42 Å². The summed E-state index contributed by atoms with van der Waals surface area (Å²) in [7, 11) is 4.16. The topological polar surface area (TPSA) is 3.24 Å². The van der Waals surface area contributed by atoms with Crippen LogP contribution in [0.4, 0.5) is 0 Å². The molecule has 1 aliphatic carbocycles. The third-order valence-electron chi connectivity index (χ3n) is 2.24. The SMILES string of the molecule is C#CC1(CN(C)C)CCC1. The van der Waals surface area contributed by atoms with Gasteiger partial charge in [0.25, 0.3) is 0 Å². The molecular weight excluding hydrogens is 122 g/mol. The van der Waals surface area contributed by atoms with Crippen molar-refractivity contribution in [3.05, 3.63) is 0 Å². The third kappa shape index (κ3) is 1.33. The standard InChI is InChI=1S/C9H15N/c1-4-9(6-5-7-9)8-10(2)3/h1H,5-8H2,2-3H3. The van der Waals surface area contributed by atoms with Crippen LogP contribution < -0.4 is 0 Å². The molecule has 1 saturated carbocycles. The Morgan fingerprint density at radius 1 is 1.50 bits per heavy atom. The van der Waals surface area contributed by atoms with E-state index in [-0.39, 0.29) is 5.41 Å². The quantitative estimate of drug-likeness (QED) is 0.519. The van der Waals surface area contributed by atoms with Crippen molar-refractivity contribution in [2.24, 2.45) is 5.41 Å². The summed E-state index contributed by atoms with van der Waals surface area (Å²) < 4.78 is 0. The Bertz CT molecular complexity index is 149.